The Hall–Kier alpha value is -2.02. The summed E-state index contributed by atoms with van der Waals surface area (Å²) in [6, 6.07) is 6.71. The molecule has 1 aromatic rings. The van der Waals surface area contributed by atoms with Gasteiger partial charge in [-0.05, 0) is 19.1 Å². The fraction of sp³-hybridized carbons (Fsp3) is 0.273. The van der Waals surface area contributed by atoms with Gasteiger partial charge in [-0.15, -0.1) is 0 Å². The van der Waals surface area contributed by atoms with E-state index in [1.54, 1.807) is 19.1 Å². The highest BCUT2D eigenvalue weighted by Gasteiger charge is 2.09. The Balaban J connectivity index is 2.75. The number of nitrogens with zero attached hydrogens (tertiary/aromatic N) is 1. The predicted octanol–water partition coefficient (Wildman–Crippen LogP) is 1.34. The zero-order valence-corrected chi connectivity index (χ0v) is 8.45. The Bertz CT molecular complexity index is 408. The number of nitriles is 1. The van der Waals surface area contributed by atoms with Gasteiger partial charge in [-0.3, -0.25) is 4.79 Å². The van der Waals surface area contributed by atoms with Gasteiger partial charge in [0.15, 0.2) is 0 Å². The normalized spacial score (nSPS) is 9.33. The van der Waals surface area contributed by atoms with E-state index in [4.69, 9.17) is 5.26 Å². The van der Waals surface area contributed by atoms with Gasteiger partial charge >= 0.3 is 0 Å². The molecule has 4 heteroatoms. The maximum atomic E-state index is 11.6. The van der Waals surface area contributed by atoms with Crippen LogP contribution in [-0.2, 0) is 0 Å². The maximum absolute atomic E-state index is 11.6. The fourth-order valence-corrected chi connectivity index (χ4v) is 1.20. The molecular formula is C11H12N2O2. The minimum atomic E-state index is -0.265. The summed E-state index contributed by atoms with van der Waals surface area (Å²) >= 11 is 0. The summed E-state index contributed by atoms with van der Waals surface area (Å²) in [5, 5.41) is 20.3. The van der Waals surface area contributed by atoms with E-state index in [2.05, 4.69) is 5.32 Å². The molecule has 0 aliphatic heterocycles. The number of phenols is 1. The number of phenolic OH excluding ortho intramolecular Hbond substituents is 1. The third kappa shape index (κ3) is 2.71. The van der Waals surface area contributed by atoms with Gasteiger partial charge in [-0.25, -0.2) is 0 Å². The van der Waals surface area contributed by atoms with E-state index in [0.29, 0.717) is 17.7 Å². The average molecular weight is 204 g/mol. The van der Waals surface area contributed by atoms with Crippen LogP contribution in [-0.4, -0.2) is 17.6 Å². The van der Waals surface area contributed by atoms with Crippen LogP contribution in [0, 0.1) is 18.3 Å². The first-order valence-corrected chi connectivity index (χ1v) is 4.60. The van der Waals surface area contributed by atoms with E-state index in [-0.39, 0.29) is 18.1 Å². The van der Waals surface area contributed by atoms with E-state index in [9.17, 15) is 9.90 Å². The largest absolute Gasteiger partial charge is 0.508 e. The van der Waals surface area contributed by atoms with E-state index in [0.717, 1.165) is 0 Å². The molecule has 0 bridgehead atoms. The highest BCUT2D eigenvalue weighted by atomic mass is 16.3. The quantitative estimate of drug-likeness (QED) is 0.730. The molecule has 0 aromatic heterocycles. The molecule has 0 radical (unpaired) electrons. The third-order valence-electron chi connectivity index (χ3n) is 2.07. The van der Waals surface area contributed by atoms with Crippen molar-refractivity contribution in [1.29, 1.82) is 5.26 Å². The van der Waals surface area contributed by atoms with Crippen LogP contribution in [0.1, 0.15) is 22.3 Å². The van der Waals surface area contributed by atoms with Crippen molar-refractivity contribution in [3.05, 3.63) is 29.3 Å². The smallest absolute Gasteiger partial charge is 0.251 e. The number of nitrogens with one attached hydrogen (secondary N) is 1. The van der Waals surface area contributed by atoms with Crippen molar-refractivity contribution in [3.63, 3.8) is 0 Å². The number of amides is 1. The standard InChI is InChI=1S/C11H12N2O2/c1-8-9(4-2-5-10(8)14)11(15)13-7-3-6-12/h2,4-5,14H,3,7H2,1H3,(H,13,15). The Kier molecular flexibility index (Phi) is 3.69. The van der Waals surface area contributed by atoms with Crippen LogP contribution in [0.5, 0.6) is 5.75 Å². The molecule has 0 atom stereocenters. The lowest BCUT2D eigenvalue weighted by molar-refractivity contribution is 0.0953. The molecule has 0 aliphatic rings. The molecule has 0 aliphatic carbocycles. The van der Waals surface area contributed by atoms with Crippen molar-refractivity contribution in [3.8, 4) is 11.8 Å². The van der Waals surface area contributed by atoms with Gasteiger partial charge in [-0.2, -0.15) is 5.26 Å². The third-order valence-corrected chi connectivity index (χ3v) is 2.07. The lowest BCUT2D eigenvalue weighted by Crippen LogP contribution is -2.24. The monoisotopic (exact) mass is 204 g/mol. The lowest BCUT2D eigenvalue weighted by Gasteiger charge is -2.07. The topological polar surface area (TPSA) is 73.1 Å². The van der Waals surface area contributed by atoms with Crippen molar-refractivity contribution in [2.24, 2.45) is 0 Å². The van der Waals surface area contributed by atoms with Gasteiger partial charge in [0, 0.05) is 17.7 Å². The van der Waals surface area contributed by atoms with E-state index in [1.807, 2.05) is 6.07 Å². The van der Waals surface area contributed by atoms with Crippen molar-refractivity contribution in [1.82, 2.24) is 5.32 Å². The summed E-state index contributed by atoms with van der Waals surface area (Å²) in [5.41, 5.74) is 0.986. The number of hydrogen-bond donors (Lipinski definition) is 2. The first-order chi connectivity index (χ1) is 7.16. The van der Waals surface area contributed by atoms with Gasteiger partial charge in [-0.1, -0.05) is 6.07 Å². The highest BCUT2D eigenvalue weighted by Crippen LogP contribution is 2.19. The zero-order chi connectivity index (χ0) is 11.3. The van der Waals surface area contributed by atoms with E-state index >= 15 is 0 Å². The van der Waals surface area contributed by atoms with Crippen molar-refractivity contribution in [2.75, 3.05) is 6.54 Å². The minimum Gasteiger partial charge on any atom is -0.508 e. The zero-order valence-electron chi connectivity index (χ0n) is 8.45. The molecular weight excluding hydrogens is 192 g/mol. The van der Waals surface area contributed by atoms with Crippen LogP contribution in [0.25, 0.3) is 0 Å². The number of carbonyl (C=O) groups is 1. The van der Waals surface area contributed by atoms with Crippen LogP contribution in [0.4, 0.5) is 0 Å². The Morgan fingerprint density at radius 1 is 1.60 bits per heavy atom. The molecule has 78 valence electrons. The number of benzene rings is 1. The van der Waals surface area contributed by atoms with Crippen molar-refractivity contribution in [2.45, 2.75) is 13.3 Å². The average Bonchev–Trinajstić information content (AvgIpc) is 2.22. The van der Waals surface area contributed by atoms with Crippen LogP contribution in [0.2, 0.25) is 0 Å². The molecule has 1 aromatic carbocycles. The maximum Gasteiger partial charge on any atom is 0.251 e. The molecule has 0 fully saturated rings. The van der Waals surface area contributed by atoms with Crippen LogP contribution >= 0.6 is 0 Å². The molecule has 0 saturated carbocycles. The first kappa shape index (κ1) is 11.1. The van der Waals surface area contributed by atoms with Crippen molar-refractivity contribution < 1.29 is 9.90 Å². The molecule has 0 spiro atoms. The van der Waals surface area contributed by atoms with Crippen LogP contribution < -0.4 is 5.32 Å². The minimum absolute atomic E-state index is 0.0999. The van der Waals surface area contributed by atoms with Crippen molar-refractivity contribution >= 4 is 5.91 Å². The molecule has 15 heavy (non-hydrogen) atoms. The summed E-state index contributed by atoms with van der Waals surface area (Å²) < 4.78 is 0. The Labute approximate surface area is 88.2 Å². The molecule has 0 unspecified atom stereocenters. The second-order valence-electron chi connectivity index (χ2n) is 3.11. The van der Waals surface area contributed by atoms with Gasteiger partial charge in [0.25, 0.3) is 5.91 Å². The van der Waals surface area contributed by atoms with E-state index < -0.39 is 0 Å². The number of hydrogen-bond acceptors (Lipinski definition) is 3. The number of carbonyl (C=O) groups excluding carboxylic acids is 1. The first-order valence-electron chi connectivity index (χ1n) is 4.60. The second kappa shape index (κ2) is 5.01. The van der Waals surface area contributed by atoms with Gasteiger partial charge in [0.2, 0.25) is 0 Å². The predicted molar refractivity (Wildman–Crippen MR) is 55.4 cm³/mol. The molecule has 2 N–H and O–H groups in total. The molecule has 1 amide bonds. The lowest BCUT2D eigenvalue weighted by atomic mass is 10.1. The van der Waals surface area contributed by atoms with Crippen LogP contribution in [0.15, 0.2) is 18.2 Å². The highest BCUT2D eigenvalue weighted by molar-refractivity contribution is 5.96. The summed E-state index contributed by atoms with van der Waals surface area (Å²) in [6.07, 6.45) is 0.281. The Morgan fingerprint density at radius 2 is 2.33 bits per heavy atom. The molecule has 1 rings (SSSR count). The van der Waals surface area contributed by atoms with Gasteiger partial charge in [0.1, 0.15) is 5.75 Å². The van der Waals surface area contributed by atoms with Gasteiger partial charge in [0.05, 0.1) is 12.5 Å². The summed E-state index contributed by atoms with van der Waals surface area (Å²) in [5.74, 6) is -0.165. The molecule has 0 heterocycles. The molecule has 0 saturated heterocycles. The summed E-state index contributed by atoms with van der Waals surface area (Å²) in [7, 11) is 0. The summed E-state index contributed by atoms with van der Waals surface area (Å²) in [4.78, 5) is 11.6. The van der Waals surface area contributed by atoms with E-state index in [1.165, 1.54) is 6.07 Å². The fourth-order valence-electron chi connectivity index (χ4n) is 1.20. The number of rotatable bonds is 3. The number of aromatic hydroxyl groups is 1. The summed E-state index contributed by atoms with van der Waals surface area (Å²) in [6.45, 7) is 2.00. The second-order valence-corrected chi connectivity index (χ2v) is 3.11. The van der Waals surface area contributed by atoms with Gasteiger partial charge < -0.3 is 10.4 Å². The Morgan fingerprint density at radius 3 is 3.00 bits per heavy atom. The van der Waals surface area contributed by atoms with Crippen LogP contribution in [0.3, 0.4) is 0 Å². The molecule has 4 nitrogen and oxygen atoms in total. The SMILES string of the molecule is Cc1c(O)cccc1C(=O)NCCC#N.